The summed E-state index contributed by atoms with van der Waals surface area (Å²) in [5, 5.41) is 1.15. The Bertz CT molecular complexity index is 805. The lowest BCUT2D eigenvalue weighted by molar-refractivity contribution is -0.126. The number of aryl methyl sites for hydroxylation is 1. The van der Waals surface area contributed by atoms with E-state index in [4.69, 9.17) is 0 Å². The first-order valence-electron chi connectivity index (χ1n) is 9.07. The summed E-state index contributed by atoms with van der Waals surface area (Å²) < 4.78 is 0. The molecule has 0 bridgehead atoms. The minimum Gasteiger partial charge on any atom is -0.346 e. The van der Waals surface area contributed by atoms with Crippen LogP contribution in [0.3, 0.4) is 0 Å². The molecule has 2 aliphatic heterocycles. The summed E-state index contributed by atoms with van der Waals surface area (Å²) in [4.78, 5) is 25.7. The topological polar surface area (TPSA) is 52.2 Å². The first-order chi connectivity index (χ1) is 12.2. The monoisotopic (exact) mass is 356 g/mol. The normalized spacial score (nSPS) is 19.0. The van der Waals surface area contributed by atoms with Gasteiger partial charge in [-0.05, 0) is 31.4 Å². The molecule has 5 nitrogen and oxygen atoms in total. The van der Waals surface area contributed by atoms with Crippen molar-refractivity contribution < 1.29 is 4.79 Å². The van der Waals surface area contributed by atoms with E-state index in [0.29, 0.717) is 0 Å². The molecule has 1 N–H and O–H groups in total. The van der Waals surface area contributed by atoms with E-state index < -0.39 is 0 Å². The predicted octanol–water partition coefficient (Wildman–Crippen LogP) is 3.67. The number of carbonyl (C=O) groups excluding carboxylic acids is 1. The molecule has 0 aliphatic carbocycles. The van der Waals surface area contributed by atoms with E-state index >= 15 is 0 Å². The van der Waals surface area contributed by atoms with Gasteiger partial charge >= 0.3 is 0 Å². The van der Waals surface area contributed by atoms with Crippen LogP contribution in [-0.4, -0.2) is 46.2 Å². The average Bonchev–Trinajstić information content (AvgIpc) is 2.87. The third-order valence-corrected chi connectivity index (χ3v) is 6.00. The van der Waals surface area contributed by atoms with Gasteiger partial charge in [0.1, 0.15) is 5.65 Å². The van der Waals surface area contributed by atoms with E-state index in [1.54, 1.807) is 11.8 Å². The third-order valence-electron chi connectivity index (χ3n) is 5.03. The Balaban J connectivity index is 1.63. The highest BCUT2D eigenvalue weighted by Gasteiger charge is 2.24. The fourth-order valence-corrected chi connectivity index (χ4v) is 4.63. The Kier molecular flexibility index (Phi) is 4.70. The lowest BCUT2D eigenvalue weighted by Gasteiger charge is -2.29. The van der Waals surface area contributed by atoms with Crippen molar-refractivity contribution in [1.29, 1.82) is 0 Å². The van der Waals surface area contributed by atoms with Crippen LogP contribution in [0, 0.1) is 6.92 Å². The van der Waals surface area contributed by atoms with E-state index in [-0.39, 0.29) is 5.91 Å². The second-order valence-electron chi connectivity index (χ2n) is 6.77. The molecule has 6 heteroatoms. The van der Waals surface area contributed by atoms with Crippen LogP contribution in [0.25, 0.3) is 11.0 Å². The van der Waals surface area contributed by atoms with Crippen molar-refractivity contribution in [2.45, 2.75) is 32.6 Å². The zero-order valence-corrected chi connectivity index (χ0v) is 15.4. The lowest BCUT2D eigenvalue weighted by atomic mass is 10.2. The number of aromatic amines is 1. The molecule has 0 radical (unpaired) electrons. The maximum atomic E-state index is 13.0. The number of thioether (sulfide) groups is 1. The molecule has 132 valence electrons. The van der Waals surface area contributed by atoms with Gasteiger partial charge in [0, 0.05) is 49.4 Å². The van der Waals surface area contributed by atoms with E-state index in [9.17, 15) is 4.79 Å². The number of rotatable bonds is 2. The van der Waals surface area contributed by atoms with E-state index in [2.05, 4.69) is 21.8 Å². The van der Waals surface area contributed by atoms with Crippen molar-refractivity contribution in [2.75, 3.05) is 30.3 Å². The highest BCUT2D eigenvalue weighted by Crippen LogP contribution is 2.33. The van der Waals surface area contributed by atoms with Gasteiger partial charge in [-0.3, -0.25) is 4.79 Å². The van der Waals surface area contributed by atoms with Crippen molar-refractivity contribution in [3.05, 3.63) is 35.1 Å². The molecule has 0 aromatic carbocycles. The molecule has 2 aromatic rings. The van der Waals surface area contributed by atoms with Crippen LogP contribution >= 0.6 is 11.8 Å². The smallest absolute Gasteiger partial charge is 0.261 e. The first kappa shape index (κ1) is 16.5. The number of amides is 1. The summed E-state index contributed by atoms with van der Waals surface area (Å²) in [6, 6.07) is 2.05. The first-order valence-corrected chi connectivity index (χ1v) is 10.1. The molecular formula is C19H24N4OS. The summed E-state index contributed by atoms with van der Waals surface area (Å²) in [6.07, 6.45) is 10.6. The van der Waals surface area contributed by atoms with Crippen LogP contribution < -0.4 is 4.90 Å². The molecule has 0 spiro atoms. The van der Waals surface area contributed by atoms with Crippen molar-refractivity contribution in [2.24, 2.45) is 0 Å². The van der Waals surface area contributed by atoms with Crippen LogP contribution in [0.15, 0.2) is 29.6 Å². The van der Waals surface area contributed by atoms with Gasteiger partial charge < -0.3 is 14.8 Å². The Morgan fingerprint density at radius 3 is 2.80 bits per heavy atom. The standard InChI is InChI=1S/C19H24N4OS/c1-14-12-21-18-17(14)15(6-7-20-18)23-10-11-25-16(13-23)19(24)22-8-4-2-3-5-9-22/h6-7,12-13H,2-5,8-11H2,1H3,(H,20,21). The Morgan fingerprint density at radius 2 is 2.00 bits per heavy atom. The van der Waals surface area contributed by atoms with E-state index in [0.717, 1.165) is 59.9 Å². The van der Waals surface area contributed by atoms with Gasteiger partial charge in [0.2, 0.25) is 0 Å². The number of fused-ring (bicyclic) bond motifs is 1. The molecule has 4 heterocycles. The van der Waals surface area contributed by atoms with Gasteiger partial charge in [0.25, 0.3) is 5.91 Å². The fraction of sp³-hybridized carbons (Fsp3) is 0.474. The van der Waals surface area contributed by atoms with Gasteiger partial charge in [0.05, 0.1) is 10.6 Å². The average molecular weight is 356 g/mol. The summed E-state index contributed by atoms with van der Waals surface area (Å²) in [6.45, 7) is 4.79. The van der Waals surface area contributed by atoms with Crippen molar-refractivity contribution >= 4 is 34.4 Å². The number of hydrogen-bond acceptors (Lipinski definition) is 4. The summed E-state index contributed by atoms with van der Waals surface area (Å²) in [5.41, 5.74) is 3.22. The predicted molar refractivity (Wildman–Crippen MR) is 104 cm³/mol. The lowest BCUT2D eigenvalue weighted by Crippen LogP contribution is -2.35. The van der Waals surface area contributed by atoms with Crippen LogP contribution in [0.1, 0.15) is 31.2 Å². The van der Waals surface area contributed by atoms with Gasteiger partial charge in [-0.1, -0.05) is 12.8 Å². The highest BCUT2D eigenvalue weighted by atomic mass is 32.2. The molecule has 2 aromatic heterocycles. The van der Waals surface area contributed by atoms with Crippen LogP contribution in [0.4, 0.5) is 5.69 Å². The Morgan fingerprint density at radius 1 is 1.20 bits per heavy atom. The second kappa shape index (κ2) is 7.12. The van der Waals surface area contributed by atoms with Crippen molar-refractivity contribution in [1.82, 2.24) is 14.9 Å². The number of nitrogens with one attached hydrogen (secondary N) is 1. The van der Waals surface area contributed by atoms with Gasteiger partial charge in [-0.25, -0.2) is 4.98 Å². The molecular weight excluding hydrogens is 332 g/mol. The van der Waals surface area contributed by atoms with Crippen molar-refractivity contribution in [3.63, 3.8) is 0 Å². The Labute approximate surface area is 152 Å². The fourth-order valence-electron chi connectivity index (χ4n) is 3.67. The molecule has 4 rings (SSSR count). The number of likely N-dealkylation sites (tertiary alicyclic amines) is 1. The Hall–Kier alpha value is -1.95. The minimum atomic E-state index is 0.202. The van der Waals surface area contributed by atoms with Crippen LogP contribution in [-0.2, 0) is 4.79 Å². The number of aromatic nitrogens is 2. The SMILES string of the molecule is Cc1c[nH]c2nccc(N3C=C(C(=O)N4CCCCCC4)SCC3)c12. The molecule has 2 aliphatic rings. The van der Waals surface area contributed by atoms with Gasteiger partial charge in [-0.15, -0.1) is 11.8 Å². The number of pyridine rings is 1. The van der Waals surface area contributed by atoms with Gasteiger partial charge in [0.15, 0.2) is 0 Å². The van der Waals surface area contributed by atoms with Crippen LogP contribution in [0.2, 0.25) is 0 Å². The van der Waals surface area contributed by atoms with Gasteiger partial charge in [-0.2, -0.15) is 0 Å². The molecule has 0 atom stereocenters. The molecule has 0 saturated carbocycles. The van der Waals surface area contributed by atoms with Crippen molar-refractivity contribution in [3.8, 4) is 0 Å². The minimum absolute atomic E-state index is 0.202. The number of H-pyrrole nitrogens is 1. The maximum absolute atomic E-state index is 13.0. The zero-order chi connectivity index (χ0) is 17.2. The quantitative estimate of drug-likeness (QED) is 0.892. The zero-order valence-electron chi connectivity index (χ0n) is 14.6. The number of anilines is 1. The second-order valence-corrected chi connectivity index (χ2v) is 7.90. The van der Waals surface area contributed by atoms with E-state index in [1.807, 2.05) is 29.6 Å². The molecule has 1 saturated heterocycles. The number of hydrogen-bond donors (Lipinski definition) is 1. The molecule has 25 heavy (non-hydrogen) atoms. The number of nitrogens with zero attached hydrogens (tertiary/aromatic N) is 3. The largest absolute Gasteiger partial charge is 0.346 e. The molecule has 1 amide bonds. The summed E-state index contributed by atoms with van der Waals surface area (Å²) >= 11 is 1.69. The highest BCUT2D eigenvalue weighted by molar-refractivity contribution is 8.04. The number of carbonyl (C=O) groups is 1. The summed E-state index contributed by atoms with van der Waals surface area (Å²) in [5.74, 6) is 1.13. The summed E-state index contributed by atoms with van der Waals surface area (Å²) in [7, 11) is 0. The molecule has 0 unspecified atom stereocenters. The molecule has 1 fully saturated rings. The van der Waals surface area contributed by atoms with Crippen LogP contribution in [0.5, 0.6) is 0 Å². The maximum Gasteiger partial charge on any atom is 0.261 e. The third kappa shape index (κ3) is 3.27. The van der Waals surface area contributed by atoms with E-state index in [1.165, 1.54) is 18.4 Å².